The highest BCUT2D eigenvalue weighted by Crippen LogP contribution is 2.31. The summed E-state index contributed by atoms with van der Waals surface area (Å²) in [6, 6.07) is 12.4. The number of nitrogen functional groups attached to an aromatic ring is 1. The summed E-state index contributed by atoms with van der Waals surface area (Å²) < 4.78 is 0. The quantitative estimate of drug-likeness (QED) is 0.640. The van der Waals surface area contributed by atoms with Crippen molar-refractivity contribution < 1.29 is 9.90 Å². The Kier molecular flexibility index (Phi) is 3.16. The van der Waals surface area contributed by atoms with Crippen LogP contribution in [0.3, 0.4) is 0 Å². The number of rotatable bonds is 3. The molecule has 0 unspecified atom stereocenters. The number of carboxylic acids is 1. The third-order valence-electron chi connectivity index (χ3n) is 3.27. The molecule has 5 heteroatoms. The van der Waals surface area contributed by atoms with Gasteiger partial charge in [0.25, 0.3) is 0 Å². The SMILES string of the molecule is Nc1cccc(C(=O)O)c1Nc1cccc2ccncc12. The van der Waals surface area contributed by atoms with E-state index in [-0.39, 0.29) is 5.56 Å². The molecule has 2 aromatic carbocycles. The normalized spacial score (nSPS) is 10.5. The Bertz CT molecular complexity index is 825. The van der Waals surface area contributed by atoms with Gasteiger partial charge in [-0.25, -0.2) is 4.79 Å². The highest BCUT2D eigenvalue weighted by atomic mass is 16.4. The molecule has 3 aromatic rings. The lowest BCUT2D eigenvalue weighted by atomic mass is 10.1. The summed E-state index contributed by atoms with van der Waals surface area (Å²) in [4.78, 5) is 15.4. The highest BCUT2D eigenvalue weighted by molar-refractivity contribution is 6.02. The van der Waals surface area contributed by atoms with E-state index >= 15 is 0 Å². The van der Waals surface area contributed by atoms with Gasteiger partial charge in [0.2, 0.25) is 0 Å². The van der Waals surface area contributed by atoms with Crippen molar-refractivity contribution in [3.63, 3.8) is 0 Å². The predicted octanol–water partition coefficient (Wildman–Crippen LogP) is 3.26. The molecular formula is C16H13N3O2. The molecule has 4 N–H and O–H groups in total. The number of carboxylic acid groups (broad SMARTS) is 1. The number of para-hydroxylation sites is 1. The first-order valence-corrected chi connectivity index (χ1v) is 6.38. The van der Waals surface area contributed by atoms with Gasteiger partial charge in [-0.2, -0.15) is 0 Å². The van der Waals surface area contributed by atoms with Crippen LogP contribution in [0.25, 0.3) is 10.8 Å². The molecular weight excluding hydrogens is 266 g/mol. The number of fused-ring (bicyclic) bond motifs is 1. The summed E-state index contributed by atoms with van der Waals surface area (Å²) in [5, 5.41) is 14.3. The van der Waals surface area contributed by atoms with Crippen molar-refractivity contribution in [1.82, 2.24) is 4.98 Å². The number of anilines is 3. The minimum atomic E-state index is -1.02. The minimum absolute atomic E-state index is 0.135. The summed E-state index contributed by atoms with van der Waals surface area (Å²) in [5.41, 5.74) is 7.58. The van der Waals surface area contributed by atoms with E-state index in [0.29, 0.717) is 11.4 Å². The van der Waals surface area contributed by atoms with E-state index in [0.717, 1.165) is 16.5 Å². The van der Waals surface area contributed by atoms with Crippen LogP contribution in [0.5, 0.6) is 0 Å². The number of benzene rings is 2. The average molecular weight is 279 g/mol. The fourth-order valence-electron chi connectivity index (χ4n) is 2.24. The molecule has 0 saturated heterocycles. The molecule has 21 heavy (non-hydrogen) atoms. The molecule has 1 aromatic heterocycles. The van der Waals surface area contributed by atoms with Crippen LogP contribution < -0.4 is 11.1 Å². The van der Waals surface area contributed by atoms with E-state index in [1.165, 1.54) is 6.07 Å². The molecule has 0 bridgehead atoms. The maximum atomic E-state index is 11.3. The van der Waals surface area contributed by atoms with Crippen LogP contribution in [0.1, 0.15) is 10.4 Å². The van der Waals surface area contributed by atoms with Crippen LogP contribution in [0.15, 0.2) is 54.9 Å². The zero-order valence-electron chi connectivity index (χ0n) is 11.1. The molecule has 0 aliphatic rings. The number of nitrogens with zero attached hydrogens (tertiary/aromatic N) is 1. The summed E-state index contributed by atoms with van der Waals surface area (Å²) in [7, 11) is 0. The fourth-order valence-corrected chi connectivity index (χ4v) is 2.24. The maximum absolute atomic E-state index is 11.3. The Balaban J connectivity index is 2.13. The molecule has 0 saturated carbocycles. The third kappa shape index (κ3) is 2.36. The predicted molar refractivity (Wildman–Crippen MR) is 82.8 cm³/mol. The van der Waals surface area contributed by atoms with Gasteiger partial charge >= 0.3 is 5.97 Å². The van der Waals surface area contributed by atoms with E-state index < -0.39 is 5.97 Å². The second-order valence-electron chi connectivity index (χ2n) is 4.60. The molecule has 104 valence electrons. The van der Waals surface area contributed by atoms with Crippen LogP contribution in [-0.2, 0) is 0 Å². The molecule has 0 fully saturated rings. The van der Waals surface area contributed by atoms with Gasteiger partial charge < -0.3 is 16.2 Å². The Morgan fingerprint density at radius 2 is 1.95 bits per heavy atom. The number of carbonyl (C=O) groups is 1. The smallest absolute Gasteiger partial charge is 0.337 e. The molecule has 0 atom stereocenters. The third-order valence-corrected chi connectivity index (χ3v) is 3.27. The number of nitrogens with one attached hydrogen (secondary N) is 1. The number of hydrogen-bond donors (Lipinski definition) is 3. The first-order chi connectivity index (χ1) is 10.2. The van der Waals surface area contributed by atoms with Gasteiger partial charge in [0.1, 0.15) is 0 Å². The number of aromatic nitrogens is 1. The van der Waals surface area contributed by atoms with Crippen LogP contribution in [0, 0.1) is 0 Å². The lowest BCUT2D eigenvalue weighted by molar-refractivity contribution is 0.0698. The largest absolute Gasteiger partial charge is 0.478 e. The molecule has 0 aliphatic heterocycles. The lowest BCUT2D eigenvalue weighted by Crippen LogP contribution is -2.05. The van der Waals surface area contributed by atoms with Gasteiger partial charge in [-0.1, -0.05) is 18.2 Å². The van der Waals surface area contributed by atoms with E-state index in [9.17, 15) is 9.90 Å². The van der Waals surface area contributed by atoms with Gasteiger partial charge in [0.05, 0.1) is 16.9 Å². The van der Waals surface area contributed by atoms with E-state index in [1.807, 2.05) is 24.3 Å². The first-order valence-electron chi connectivity index (χ1n) is 6.38. The number of aromatic carboxylic acids is 1. The first kappa shape index (κ1) is 12.9. The molecule has 0 aliphatic carbocycles. The molecule has 0 radical (unpaired) electrons. The molecule has 0 spiro atoms. The summed E-state index contributed by atoms with van der Waals surface area (Å²) in [6.45, 7) is 0. The van der Waals surface area contributed by atoms with Crippen molar-refractivity contribution in [1.29, 1.82) is 0 Å². The summed E-state index contributed by atoms with van der Waals surface area (Å²) in [5.74, 6) is -1.02. The number of hydrogen-bond acceptors (Lipinski definition) is 4. The Morgan fingerprint density at radius 1 is 1.14 bits per heavy atom. The molecule has 0 amide bonds. The van der Waals surface area contributed by atoms with Crippen LogP contribution in [0.4, 0.5) is 17.1 Å². The van der Waals surface area contributed by atoms with E-state index in [4.69, 9.17) is 5.73 Å². The van der Waals surface area contributed by atoms with Gasteiger partial charge in [0, 0.05) is 23.5 Å². The van der Waals surface area contributed by atoms with Gasteiger partial charge in [-0.05, 0) is 29.7 Å². The number of pyridine rings is 1. The summed E-state index contributed by atoms with van der Waals surface area (Å²) in [6.07, 6.45) is 3.45. The van der Waals surface area contributed by atoms with Crippen molar-refractivity contribution in [2.24, 2.45) is 0 Å². The standard InChI is InChI=1S/C16H13N3O2/c17-13-5-2-4-11(16(20)21)15(13)19-14-6-1-3-10-7-8-18-9-12(10)14/h1-9,19H,17H2,(H,20,21). The van der Waals surface area contributed by atoms with Crippen molar-refractivity contribution >= 4 is 33.8 Å². The monoisotopic (exact) mass is 279 g/mol. The molecule has 5 nitrogen and oxygen atoms in total. The van der Waals surface area contributed by atoms with E-state index in [1.54, 1.807) is 24.5 Å². The maximum Gasteiger partial charge on any atom is 0.337 e. The van der Waals surface area contributed by atoms with Gasteiger partial charge in [0.15, 0.2) is 0 Å². The van der Waals surface area contributed by atoms with Gasteiger partial charge in [-0.3, -0.25) is 4.98 Å². The Labute approximate surface area is 121 Å². The van der Waals surface area contributed by atoms with Crippen LogP contribution >= 0.6 is 0 Å². The minimum Gasteiger partial charge on any atom is -0.478 e. The van der Waals surface area contributed by atoms with Crippen molar-refractivity contribution in [3.8, 4) is 0 Å². The number of nitrogens with two attached hydrogens (primary N) is 1. The Hall–Kier alpha value is -3.08. The second-order valence-corrected chi connectivity index (χ2v) is 4.60. The second kappa shape index (κ2) is 5.13. The van der Waals surface area contributed by atoms with Crippen molar-refractivity contribution in [3.05, 3.63) is 60.4 Å². The van der Waals surface area contributed by atoms with Crippen molar-refractivity contribution in [2.45, 2.75) is 0 Å². The lowest BCUT2D eigenvalue weighted by Gasteiger charge is -2.14. The van der Waals surface area contributed by atoms with Gasteiger partial charge in [-0.15, -0.1) is 0 Å². The van der Waals surface area contributed by atoms with Crippen molar-refractivity contribution in [2.75, 3.05) is 11.1 Å². The zero-order valence-corrected chi connectivity index (χ0v) is 11.1. The Morgan fingerprint density at radius 3 is 2.76 bits per heavy atom. The average Bonchev–Trinajstić information content (AvgIpc) is 2.49. The molecule has 3 rings (SSSR count). The summed E-state index contributed by atoms with van der Waals surface area (Å²) >= 11 is 0. The molecule has 1 heterocycles. The fraction of sp³-hybridized carbons (Fsp3) is 0. The van der Waals surface area contributed by atoms with Crippen LogP contribution in [0.2, 0.25) is 0 Å². The highest BCUT2D eigenvalue weighted by Gasteiger charge is 2.13. The van der Waals surface area contributed by atoms with Crippen LogP contribution in [-0.4, -0.2) is 16.1 Å². The zero-order chi connectivity index (χ0) is 14.8. The van der Waals surface area contributed by atoms with E-state index in [2.05, 4.69) is 10.3 Å². The topological polar surface area (TPSA) is 88.2 Å².